The van der Waals surface area contributed by atoms with E-state index >= 15 is 0 Å². The van der Waals surface area contributed by atoms with Gasteiger partial charge in [-0.05, 0) is 117 Å². The van der Waals surface area contributed by atoms with Gasteiger partial charge in [0.1, 0.15) is 6.54 Å². The third kappa shape index (κ3) is 6.57. The maximum atomic E-state index is 12.9. The minimum atomic E-state index is -0.661. The Balaban J connectivity index is 0.834. The lowest BCUT2D eigenvalue weighted by molar-refractivity contribution is -0.958. The molecular formula is C44H71N3O6+2. The van der Waals surface area contributed by atoms with Crippen molar-refractivity contribution in [2.45, 2.75) is 161 Å². The smallest absolute Gasteiger partial charge is 0.560 e. The first kappa shape index (κ1) is 38.1. The number of esters is 1. The number of hydrogen-bond donors (Lipinski definition) is 1. The molecule has 13 atom stereocenters. The van der Waals surface area contributed by atoms with Gasteiger partial charge in [-0.2, -0.15) is 0 Å². The number of rotatable bonds is 14. The standard InChI is InChI=1S/C44H69N3O6/c1-28(2)9-8-10-29(3)33-15-16-34-32-14-13-30-25-31(17-19-42(30,4)35(32)18-20-43(33,34)5)52-24-23-51-22-21-47(26-38(48)49)27-39(50)53-41-40-44(41,47)46-37-12-7-6-11-36(37)45-40/h13,28-29,31-35,37,40-41,46H,6-12,14-27H2,1-5H3/p+2/t29-,31+,32?,33-,34?,35?,37-,40?,41?,42+,43?,44?,47?/m1/s1. The van der Waals surface area contributed by atoms with Crippen LogP contribution in [0.15, 0.2) is 16.6 Å². The molecule has 2 aliphatic heterocycles. The SMILES string of the molecule is CC(C)CCC[C@@H](C)[C@H]1CCC2C3CC=C4C[C@@H](OCCOCC[N+]5(CC(=O)[OH2+])CC(=O)OC6C7N=C8CCCC[C@H]8NC765)CC[C@]4(C)C3CCC21C. The van der Waals surface area contributed by atoms with Crippen LogP contribution in [0.5, 0.6) is 0 Å². The molecule has 0 aromatic carbocycles. The van der Waals surface area contributed by atoms with Crippen LogP contribution < -0.4 is 5.32 Å². The summed E-state index contributed by atoms with van der Waals surface area (Å²) in [6, 6.07) is -0.0351. The van der Waals surface area contributed by atoms with E-state index in [1.807, 2.05) is 0 Å². The highest BCUT2D eigenvalue weighted by Crippen LogP contribution is 2.67. The number of aliphatic imine (C=N–C) groups is 1. The van der Waals surface area contributed by atoms with Crippen LogP contribution in [-0.4, -0.2) is 96.6 Å². The van der Waals surface area contributed by atoms with Crippen molar-refractivity contribution in [3.8, 4) is 0 Å². The van der Waals surface area contributed by atoms with Crippen LogP contribution in [0.1, 0.15) is 131 Å². The van der Waals surface area contributed by atoms with E-state index in [9.17, 15) is 9.59 Å². The molecular weight excluding hydrogens is 666 g/mol. The van der Waals surface area contributed by atoms with E-state index in [1.165, 1.54) is 63.5 Å². The first-order valence-corrected chi connectivity index (χ1v) is 21.9. The van der Waals surface area contributed by atoms with Crippen LogP contribution in [0.2, 0.25) is 0 Å². The van der Waals surface area contributed by atoms with Crippen molar-refractivity contribution in [1.29, 1.82) is 0 Å². The van der Waals surface area contributed by atoms with Crippen molar-refractivity contribution >= 4 is 17.7 Å². The molecule has 1 saturated heterocycles. The van der Waals surface area contributed by atoms with Gasteiger partial charge >= 0.3 is 11.9 Å². The van der Waals surface area contributed by atoms with Gasteiger partial charge < -0.3 is 19.3 Å². The molecule has 6 aliphatic carbocycles. The summed E-state index contributed by atoms with van der Waals surface area (Å²) in [4.78, 5) is 30.3. The fourth-order valence-electron chi connectivity index (χ4n) is 14.0. The van der Waals surface area contributed by atoms with Crippen LogP contribution >= 0.6 is 0 Å². The molecule has 8 aliphatic rings. The summed E-state index contributed by atoms with van der Waals surface area (Å²) in [5.41, 5.74) is 3.06. The Labute approximate surface area is 319 Å². The van der Waals surface area contributed by atoms with Gasteiger partial charge in [0.25, 0.3) is 0 Å². The molecule has 9 heteroatoms. The van der Waals surface area contributed by atoms with E-state index in [-0.39, 0.29) is 47.8 Å². The van der Waals surface area contributed by atoms with E-state index in [0.29, 0.717) is 37.2 Å². The molecule has 1 spiro atoms. The molecule has 0 aromatic rings. The molecule has 2 heterocycles. The van der Waals surface area contributed by atoms with Crippen molar-refractivity contribution in [2.24, 2.45) is 51.3 Å². The molecule has 8 unspecified atom stereocenters. The molecule has 0 bridgehead atoms. The topological polar surface area (TPSA) is 109 Å². The van der Waals surface area contributed by atoms with Crippen molar-refractivity contribution < 1.29 is 33.4 Å². The number of nitrogens with zero attached hydrogens (tertiary/aromatic N) is 2. The van der Waals surface area contributed by atoms with Crippen LogP contribution in [-0.2, 0) is 23.8 Å². The maximum absolute atomic E-state index is 12.9. The van der Waals surface area contributed by atoms with Gasteiger partial charge in [0.2, 0.25) is 18.3 Å². The largest absolute Gasteiger partial charge is 0.571 e. The van der Waals surface area contributed by atoms with Crippen LogP contribution in [0.3, 0.4) is 0 Å². The number of fused-ring (bicyclic) bond motifs is 7. The van der Waals surface area contributed by atoms with Crippen LogP contribution in [0.25, 0.3) is 0 Å². The lowest BCUT2D eigenvalue weighted by atomic mass is 9.47. The Morgan fingerprint density at radius 2 is 1.91 bits per heavy atom. The first-order valence-electron chi connectivity index (χ1n) is 21.9. The Morgan fingerprint density at radius 3 is 2.72 bits per heavy atom. The Kier molecular flexibility index (Phi) is 10.5. The number of morpholine rings is 1. The fraction of sp³-hybridized carbons (Fsp3) is 0.886. The molecule has 0 amide bonds. The zero-order chi connectivity index (χ0) is 37.2. The Bertz CT molecular complexity index is 1460. The quantitative estimate of drug-likeness (QED) is 0.0719. The van der Waals surface area contributed by atoms with E-state index in [4.69, 9.17) is 24.3 Å². The van der Waals surface area contributed by atoms with E-state index < -0.39 is 11.6 Å². The number of carbonyl (C=O) groups excluding carboxylic acids is 2. The summed E-state index contributed by atoms with van der Waals surface area (Å²) in [7, 11) is 0. The molecule has 53 heavy (non-hydrogen) atoms. The number of ether oxygens (including phenoxy) is 3. The third-order valence-electron chi connectivity index (χ3n) is 16.8. The van der Waals surface area contributed by atoms with E-state index in [1.54, 1.807) is 5.57 Å². The summed E-state index contributed by atoms with van der Waals surface area (Å²) >= 11 is 0. The predicted molar refractivity (Wildman–Crippen MR) is 206 cm³/mol. The van der Waals surface area contributed by atoms with Crippen molar-refractivity contribution in [3.63, 3.8) is 0 Å². The summed E-state index contributed by atoms with van der Waals surface area (Å²) < 4.78 is 18.7. The second-order valence-electron chi connectivity index (χ2n) is 20.0. The molecule has 5 saturated carbocycles. The van der Waals surface area contributed by atoms with Gasteiger partial charge in [-0.1, -0.05) is 72.0 Å². The highest BCUT2D eigenvalue weighted by molar-refractivity contribution is 5.92. The van der Waals surface area contributed by atoms with Crippen LogP contribution in [0, 0.1) is 46.3 Å². The Hall–Kier alpha value is -1.81. The average Bonchev–Trinajstić information content (AvgIpc) is 3.60. The zero-order valence-corrected chi connectivity index (χ0v) is 33.6. The number of quaternary nitrogens is 1. The molecule has 3 N–H and O–H groups in total. The van der Waals surface area contributed by atoms with Gasteiger partial charge in [-0.25, -0.2) is 4.79 Å². The molecule has 8 rings (SSSR count). The molecule has 296 valence electrons. The number of nitrogens with one attached hydrogen (secondary N) is 1. The highest BCUT2D eigenvalue weighted by atomic mass is 16.6. The summed E-state index contributed by atoms with van der Waals surface area (Å²) in [6.45, 7) is 14.5. The Morgan fingerprint density at radius 1 is 1.06 bits per heavy atom. The zero-order valence-electron chi connectivity index (χ0n) is 33.6. The first-order chi connectivity index (χ1) is 25.4. The highest BCUT2D eigenvalue weighted by Gasteiger charge is 2.85. The second kappa shape index (κ2) is 14.6. The molecule has 0 radical (unpaired) electrons. The average molecular weight is 738 g/mol. The molecule has 9 nitrogen and oxygen atoms in total. The van der Waals surface area contributed by atoms with Crippen molar-refractivity contribution in [2.75, 3.05) is 39.5 Å². The van der Waals surface area contributed by atoms with Gasteiger partial charge in [0.15, 0.2) is 12.6 Å². The van der Waals surface area contributed by atoms with Crippen molar-refractivity contribution in [3.05, 3.63) is 11.6 Å². The summed E-state index contributed by atoms with van der Waals surface area (Å²) in [6.07, 6.45) is 21.3. The minimum Gasteiger partial charge on any atom is -0.560 e. The van der Waals surface area contributed by atoms with Gasteiger partial charge in [-0.15, -0.1) is 0 Å². The van der Waals surface area contributed by atoms with Gasteiger partial charge in [0, 0.05) is 10.5 Å². The van der Waals surface area contributed by atoms with Crippen LogP contribution in [0.4, 0.5) is 0 Å². The predicted octanol–water partition coefficient (Wildman–Crippen LogP) is 6.49. The lowest BCUT2D eigenvalue weighted by Crippen LogP contribution is -2.75. The fourth-order valence-corrected chi connectivity index (χ4v) is 14.0. The van der Waals surface area contributed by atoms with E-state index in [2.05, 4.69) is 46.0 Å². The monoisotopic (exact) mass is 738 g/mol. The second-order valence-corrected chi connectivity index (χ2v) is 20.0. The maximum Gasteiger partial charge on any atom is 0.571 e. The molecule has 6 fully saturated rings. The van der Waals surface area contributed by atoms with Gasteiger partial charge in [-0.3, -0.25) is 14.8 Å². The van der Waals surface area contributed by atoms with Crippen molar-refractivity contribution in [1.82, 2.24) is 5.32 Å². The third-order valence-corrected chi connectivity index (χ3v) is 16.8. The molecule has 0 aromatic heterocycles. The number of carbonyl (C=O) groups is 2. The lowest BCUT2D eigenvalue weighted by Gasteiger charge is -2.58. The van der Waals surface area contributed by atoms with E-state index in [0.717, 1.165) is 74.0 Å². The number of allylic oxidation sites excluding steroid dienone is 1. The number of hydrogen-bond acceptors (Lipinski definition) is 7. The minimum absolute atomic E-state index is 0.0392. The normalized spacial score (nSPS) is 44.6. The van der Waals surface area contributed by atoms with Gasteiger partial charge in [0.05, 0.1) is 32.0 Å². The summed E-state index contributed by atoms with van der Waals surface area (Å²) in [5.74, 6) is 4.15. The summed E-state index contributed by atoms with van der Waals surface area (Å²) in [5, 5.41) is 11.8.